The molecular formula is C15H17BrO4. The van der Waals surface area contributed by atoms with Crippen molar-refractivity contribution in [3.05, 3.63) is 34.3 Å². The monoisotopic (exact) mass is 340 g/mol. The van der Waals surface area contributed by atoms with Gasteiger partial charge in [0.15, 0.2) is 0 Å². The Bertz CT molecular complexity index is 528. The first-order valence-electron chi connectivity index (χ1n) is 6.66. The molecule has 0 spiro atoms. The maximum atomic E-state index is 12.3. The van der Waals surface area contributed by atoms with E-state index in [1.54, 1.807) is 13.8 Å². The van der Waals surface area contributed by atoms with Crippen LogP contribution in [0.3, 0.4) is 0 Å². The molecule has 0 radical (unpaired) electrons. The largest absolute Gasteiger partial charge is 0.466 e. The van der Waals surface area contributed by atoms with Crippen molar-refractivity contribution in [2.45, 2.75) is 25.7 Å². The summed E-state index contributed by atoms with van der Waals surface area (Å²) in [5, 5.41) is 0. The fourth-order valence-electron chi connectivity index (χ4n) is 2.48. The van der Waals surface area contributed by atoms with E-state index < -0.39 is 11.3 Å². The average Bonchev–Trinajstić information content (AvgIpc) is 3.16. The van der Waals surface area contributed by atoms with Gasteiger partial charge in [-0.2, -0.15) is 0 Å². The van der Waals surface area contributed by atoms with Gasteiger partial charge in [0.2, 0.25) is 0 Å². The second kappa shape index (κ2) is 5.95. The minimum absolute atomic E-state index is 0.296. The number of rotatable bonds is 5. The number of benzene rings is 1. The molecule has 5 heteroatoms. The molecule has 1 aromatic carbocycles. The molecule has 2 atom stereocenters. The molecule has 1 saturated carbocycles. The van der Waals surface area contributed by atoms with Gasteiger partial charge in [-0.1, -0.05) is 28.1 Å². The minimum Gasteiger partial charge on any atom is -0.466 e. The molecule has 1 fully saturated rings. The van der Waals surface area contributed by atoms with Crippen LogP contribution in [-0.4, -0.2) is 25.2 Å². The number of esters is 2. The molecule has 4 nitrogen and oxygen atoms in total. The maximum absolute atomic E-state index is 12.3. The molecule has 0 bridgehead atoms. The molecule has 1 aliphatic carbocycles. The molecule has 0 aromatic heterocycles. The van der Waals surface area contributed by atoms with E-state index in [0.717, 1.165) is 10.0 Å². The average molecular weight is 341 g/mol. The van der Waals surface area contributed by atoms with Crippen molar-refractivity contribution in [3.8, 4) is 0 Å². The van der Waals surface area contributed by atoms with Crippen LogP contribution in [0.25, 0.3) is 0 Å². The normalized spacial score (nSPS) is 24.1. The summed E-state index contributed by atoms with van der Waals surface area (Å²) >= 11 is 3.39. The van der Waals surface area contributed by atoms with Crippen molar-refractivity contribution in [2.24, 2.45) is 5.92 Å². The van der Waals surface area contributed by atoms with E-state index in [9.17, 15) is 9.59 Å². The standard InChI is InChI=1S/C15H17BrO4/c1-3-19-13(17)12-9-15(12,14(18)20-4-2)10-6-5-7-11(16)8-10/h5-8,12H,3-4,9H2,1-2H3/t12-,15-/m1/s1. The van der Waals surface area contributed by atoms with E-state index in [2.05, 4.69) is 15.9 Å². The summed E-state index contributed by atoms with van der Waals surface area (Å²) in [5.74, 6) is -1.13. The summed E-state index contributed by atoms with van der Waals surface area (Å²) in [7, 11) is 0. The number of halogens is 1. The fraction of sp³-hybridized carbons (Fsp3) is 0.467. The highest BCUT2D eigenvalue weighted by Gasteiger charge is 2.66. The van der Waals surface area contributed by atoms with Crippen LogP contribution < -0.4 is 0 Å². The van der Waals surface area contributed by atoms with Gasteiger partial charge in [-0.15, -0.1) is 0 Å². The SMILES string of the molecule is CCOC(=O)[C@H]1C[C@@]1(C(=O)OCC)c1cccc(Br)c1. The molecule has 0 unspecified atom stereocenters. The Labute approximate surface area is 126 Å². The van der Waals surface area contributed by atoms with Crippen LogP contribution in [0.5, 0.6) is 0 Å². The van der Waals surface area contributed by atoms with Gasteiger partial charge in [-0.25, -0.2) is 0 Å². The Balaban J connectivity index is 2.33. The first-order valence-corrected chi connectivity index (χ1v) is 7.45. The lowest BCUT2D eigenvalue weighted by atomic mass is 9.93. The van der Waals surface area contributed by atoms with Gasteiger partial charge in [-0.05, 0) is 38.0 Å². The number of hydrogen-bond donors (Lipinski definition) is 0. The van der Waals surface area contributed by atoms with Gasteiger partial charge in [-0.3, -0.25) is 9.59 Å². The molecule has 0 aliphatic heterocycles. The molecule has 0 amide bonds. The molecular weight excluding hydrogens is 324 g/mol. The smallest absolute Gasteiger partial charge is 0.317 e. The summed E-state index contributed by atoms with van der Waals surface area (Å²) in [6, 6.07) is 7.43. The van der Waals surface area contributed by atoms with Crippen LogP contribution >= 0.6 is 15.9 Å². The van der Waals surface area contributed by atoms with Gasteiger partial charge < -0.3 is 9.47 Å². The topological polar surface area (TPSA) is 52.6 Å². The first-order chi connectivity index (χ1) is 9.56. The number of carbonyl (C=O) groups excluding carboxylic acids is 2. The second-order valence-corrected chi connectivity index (χ2v) is 5.63. The van der Waals surface area contributed by atoms with Crippen LogP contribution in [-0.2, 0) is 24.5 Å². The van der Waals surface area contributed by atoms with Crippen molar-refractivity contribution in [1.29, 1.82) is 0 Å². The van der Waals surface area contributed by atoms with E-state index in [-0.39, 0.29) is 11.9 Å². The van der Waals surface area contributed by atoms with Crippen LogP contribution in [0.15, 0.2) is 28.7 Å². The summed E-state index contributed by atoms with van der Waals surface area (Å²) in [6.07, 6.45) is 0.446. The first kappa shape index (κ1) is 15.0. The Morgan fingerprint density at radius 1 is 1.30 bits per heavy atom. The Morgan fingerprint density at radius 3 is 2.60 bits per heavy atom. The Kier molecular flexibility index (Phi) is 4.48. The van der Waals surface area contributed by atoms with Gasteiger partial charge in [0, 0.05) is 4.47 Å². The quantitative estimate of drug-likeness (QED) is 0.773. The third kappa shape index (κ3) is 2.59. The minimum atomic E-state index is -0.883. The fourth-order valence-corrected chi connectivity index (χ4v) is 2.88. The van der Waals surface area contributed by atoms with Crippen molar-refractivity contribution >= 4 is 27.9 Å². The second-order valence-electron chi connectivity index (χ2n) is 4.71. The molecule has 1 aliphatic rings. The Morgan fingerprint density at radius 2 is 2.00 bits per heavy atom. The third-order valence-electron chi connectivity index (χ3n) is 3.51. The number of carbonyl (C=O) groups is 2. The van der Waals surface area contributed by atoms with Crippen LogP contribution in [0, 0.1) is 5.92 Å². The van der Waals surface area contributed by atoms with Crippen LogP contribution in [0.1, 0.15) is 25.8 Å². The maximum Gasteiger partial charge on any atom is 0.317 e. The van der Waals surface area contributed by atoms with E-state index in [1.165, 1.54) is 0 Å². The zero-order valence-corrected chi connectivity index (χ0v) is 13.1. The van der Waals surface area contributed by atoms with E-state index in [0.29, 0.717) is 19.6 Å². The highest BCUT2D eigenvalue weighted by Crippen LogP contribution is 2.56. The Hall–Kier alpha value is -1.36. The van der Waals surface area contributed by atoms with Crippen molar-refractivity contribution < 1.29 is 19.1 Å². The zero-order chi connectivity index (χ0) is 14.8. The molecule has 20 heavy (non-hydrogen) atoms. The van der Waals surface area contributed by atoms with Gasteiger partial charge in [0.05, 0.1) is 19.1 Å². The number of ether oxygens (including phenoxy) is 2. The lowest BCUT2D eigenvalue weighted by Crippen LogP contribution is -2.28. The summed E-state index contributed by atoms with van der Waals surface area (Å²) < 4.78 is 11.1. The predicted octanol–water partition coefficient (Wildman–Crippen LogP) is 2.83. The predicted molar refractivity (Wildman–Crippen MR) is 77.2 cm³/mol. The van der Waals surface area contributed by atoms with Gasteiger partial charge in [0.25, 0.3) is 0 Å². The summed E-state index contributed by atoms with van der Waals surface area (Å²) in [5.41, 5.74) is -0.0881. The van der Waals surface area contributed by atoms with Crippen LogP contribution in [0.2, 0.25) is 0 Å². The lowest BCUT2D eigenvalue weighted by molar-refractivity contribution is -0.152. The van der Waals surface area contributed by atoms with Crippen molar-refractivity contribution in [2.75, 3.05) is 13.2 Å². The number of hydrogen-bond acceptors (Lipinski definition) is 4. The zero-order valence-electron chi connectivity index (χ0n) is 11.5. The molecule has 1 aromatic rings. The highest BCUT2D eigenvalue weighted by atomic mass is 79.9. The molecule has 0 N–H and O–H groups in total. The van der Waals surface area contributed by atoms with Gasteiger partial charge >= 0.3 is 11.9 Å². The third-order valence-corrected chi connectivity index (χ3v) is 4.00. The molecule has 0 saturated heterocycles. The van der Waals surface area contributed by atoms with E-state index in [1.807, 2.05) is 24.3 Å². The summed E-state index contributed by atoms with van der Waals surface area (Å²) in [4.78, 5) is 24.3. The summed E-state index contributed by atoms with van der Waals surface area (Å²) in [6.45, 7) is 4.12. The van der Waals surface area contributed by atoms with Gasteiger partial charge in [0.1, 0.15) is 5.41 Å². The van der Waals surface area contributed by atoms with Crippen molar-refractivity contribution in [1.82, 2.24) is 0 Å². The van der Waals surface area contributed by atoms with E-state index in [4.69, 9.17) is 9.47 Å². The van der Waals surface area contributed by atoms with E-state index >= 15 is 0 Å². The highest BCUT2D eigenvalue weighted by molar-refractivity contribution is 9.10. The van der Waals surface area contributed by atoms with Crippen LogP contribution in [0.4, 0.5) is 0 Å². The lowest BCUT2D eigenvalue weighted by Gasteiger charge is -2.16. The molecule has 2 rings (SSSR count). The molecule has 0 heterocycles. The van der Waals surface area contributed by atoms with Crippen molar-refractivity contribution in [3.63, 3.8) is 0 Å². The molecule has 108 valence electrons.